The fraction of sp³-hybridized carbons (Fsp3) is 0.550. The van der Waals surface area contributed by atoms with Crippen LogP contribution in [-0.4, -0.2) is 52.8 Å². The molecule has 8 heteroatoms. The molecule has 2 heterocycles. The second kappa shape index (κ2) is 8.49. The first-order chi connectivity index (χ1) is 12.7. The Bertz CT molecular complexity index is 752. The van der Waals surface area contributed by atoms with Gasteiger partial charge >= 0.3 is 6.03 Å². The van der Waals surface area contributed by atoms with E-state index < -0.39 is 17.5 Å². The Morgan fingerprint density at radius 2 is 1.93 bits per heavy atom. The summed E-state index contributed by atoms with van der Waals surface area (Å²) in [5, 5.41) is 2.75. The zero-order chi connectivity index (χ0) is 19.8. The van der Waals surface area contributed by atoms with E-state index in [0.29, 0.717) is 12.1 Å². The van der Waals surface area contributed by atoms with E-state index in [0.717, 1.165) is 29.7 Å². The molecule has 0 radical (unpaired) electrons. The Hall–Kier alpha value is -2.12. The number of hydrogen-bond acceptors (Lipinski definition) is 4. The van der Waals surface area contributed by atoms with Gasteiger partial charge < -0.3 is 16.0 Å². The van der Waals surface area contributed by atoms with Crippen molar-refractivity contribution in [3.63, 3.8) is 0 Å². The van der Waals surface area contributed by atoms with E-state index in [1.165, 1.54) is 0 Å². The second-order valence-corrected chi connectivity index (χ2v) is 7.82. The Morgan fingerprint density at radius 1 is 1.29 bits per heavy atom. The predicted octanol–water partition coefficient (Wildman–Crippen LogP) is 1.91. The number of nitrogens with one attached hydrogen (secondary N) is 1. The number of piperidine rings is 1. The van der Waals surface area contributed by atoms with Crippen molar-refractivity contribution in [3.8, 4) is 0 Å². The van der Waals surface area contributed by atoms with E-state index in [4.69, 9.17) is 5.73 Å². The van der Waals surface area contributed by atoms with E-state index in [9.17, 15) is 14.4 Å². The van der Waals surface area contributed by atoms with Crippen molar-refractivity contribution >= 4 is 30.3 Å². The van der Waals surface area contributed by atoms with Gasteiger partial charge in [0, 0.05) is 18.6 Å². The summed E-state index contributed by atoms with van der Waals surface area (Å²) in [6.45, 7) is 5.88. The van der Waals surface area contributed by atoms with Crippen molar-refractivity contribution in [2.24, 2.45) is 5.73 Å². The molecule has 1 aromatic carbocycles. The van der Waals surface area contributed by atoms with E-state index >= 15 is 0 Å². The average molecular weight is 409 g/mol. The topological polar surface area (TPSA) is 95.7 Å². The number of likely N-dealkylation sites (tertiary alicyclic amines) is 1. The number of carbonyl (C=O) groups excluding carboxylic acids is 3. The van der Waals surface area contributed by atoms with Crippen LogP contribution >= 0.6 is 12.4 Å². The number of halogens is 1. The Balaban J connectivity index is 0.00000280. The highest BCUT2D eigenvalue weighted by Crippen LogP contribution is 2.29. The minimum Gasteiger partial charge on any atom is -0.337 e. The summed E-state index contributed by atoms with van der Waals surface area (Å²) in [4.78, 5) is 41.1. The fourth-order valence-electron chi connectivity index (χ4n) is 3.96. The van der Waals surface area contributed by atoms with Crippen LogP contribution < -0.4 is 11.1 Å². The summed E-state index contributed by atoms with van der Waals surface area (Å²) in [7, 11) is 0. The van der Waals surface area contributed by atoms with Gasteiger partial charge in [-0.25, -0.2) is 4.79 Å². The largest absolute Gasteiger partial charge is 0.337 e. The molecule has 0 bridgehead atoms. The lowest BCUT2D eigenvalue weighted by Gasteiger charge is -2.38. The first-order valence-corrected chi connectivity index (χ1v) is 9.50. The van der Waals surface area contributed by atoms with Gasteiger partial charge in [-0.2, -0.15) is 0 Å². The molecule has 0 aromatic heterocycles. The van der Waals surface area contributed by atoms with Crippen molar-refractivity contribution in [1.82, 2.24) is 15.1 Å². The lowest BCUT2D eigenvalue weighted by atomic mass is 9.91. The number of nitrogens with zero attached hydrogens (tertiary/aromatic N) is 2. The molecule has 28 heavy (non-hydrogen) atoms. The predicted molar refractivity (Wildman–Crippen MR) is 109 cm³/mol. The second-order valence-electron chi connectivity index (χ2n) is 7.82. The molecule has 3 unspecified atom stereocenters. The highest BCUT2D eigenvalue weighted by molar-refractivity contribution is 6.09. The van der Waals surface area contributed by atoms with Crippen LogP contribution in [0.1, 0.15) is 44.2 Å². The summed E-state index contributed by atoms with van der Waals surface area (Å²) >= 11 is 0. The zero-order valence-electron chi connectivity index (χ0n) is 16.6. The molecule has 4 amide bonds. The van der Waals surface area contributed by atoms with Gasteiger partial charge in [-0.3, -0.25) is 14.5 Å². The molecular weight excluding hydrogens is 380 g/mol. The molecule has 2 aliphatic heterocycles. The molecule has 7 nitrogen and oxygen atoms in total. The first-order valence-electron chi connectivity index (χ1n) is 9.50. The van der Waals surface area contributed by atoms with Gasteiger partial charge in [0.2, 0.25) is 5.91 Å². The lowest BCUT2D eigenvalue weighted by molar-refractivity contribution is -0.141. The Morgan fingerprint density at radius 3 is 2.54 bits per heavy atom. The van der Waals surface area contributed by atoms with Gasteiger partial charge in [-0.15, -0.1) is 12.4 Å². The fourth-order valence-corrected chi connectivity index (χ4v) is 3.96. The molecule has 2 fully saturated rings. The summed E-state index contributed by atoms with van der Waals surface area (Å²) in [5.41, 5.74) is 6.65. The van der Waals surface area contributed by atoms with Crippen LogP contribution in [0.2, 0.25) is 0 Å². The average Bonchev–Trinajstić information content (AvgIpc) is 2.86. The van der Waals surface area contributed by atoms with Gasteiger partial charge in [0.15, 0.2) is 0 Å². The summed E-state index contributed by atoms with van der Waals surface area (Å²) in [5.74, 6) is -0.632. The first kappa shape index (κ1) is 22.2. The summed E-state index contributed by atoms with van der Waals surface area (Å²) in [6.07, 6.45) is 2.80. The number of hydrogen-bond donors (Lipinski definition) is 2. The third-order valence-corrected chi connectivity index (χ3v) is 5.67. The molecule has 3 rings (SSSR count). The van der Waals surface area contributed by atoms with Crippen molar-refractivity contribution in [1.29, 1.82) is 0 Å². The highest BCUT2D eigenvalue weighted by Gasteiger charge is 2.50. The minimum absolute atomic E-state index is 0. The molecule has 1 aromatic rings. The van der Waals surface area contributed by atoms with Crippen LogP contribution in [0.3, 0.4) is 0 Å². The van der Waals surface area contributed by atoms with Gasteiger partial charge in [0.05, 0.1) is 0 Å². The van der Waals surface area contributed by atoms with E-state index in [-0.39, 0.29) is 36.9 Å². The molecule has 3 atom stereocenters. The van der Waals surface area contributed by atoms with Crippen LogP contribution in [0.25, 0.3) is 0 Å². The zero-order valence-corrected chi connectivity index (χ0v) is 17.4. The van der Waals surface area contributed by atoms with E-state index in [1.807, 2.05) is 38.1 Å². The number of urea groups is 1. The smallest absolute Gasteiger partial charge is 0.325 e. The molecular formula is C20H29ClN4O3. The third-order valence-electron chi connectivity index (χ3n) is 5.67. The lowest BCUT2D eigenvalue weighted by Crippen LogP contribution is -2.54. The third kappa shape index (κ3) is 4.00. The van der Waals surface area contributed by atoms with Crippen molar-refractivity contribution in [3.05, 3.63) is 35.4 Å². The van der Waals surface area contributed by atoms with Crippen LogP contribution in [0.15, 0.2) is 24.3 Å². The monoisotopic (exact) mass is 408 g/mol. The number of nitrogens with two attached hydrogens (primary N) is 1. The molecule has 154 valence electrons. The van der Waals surface area contributed by atoms with Crippen molar-refractivity contribution < 1.29 is 14.4 Å². The maximum atomic E-state index is 13.0. The number of benzene rings is 1. The van der Waals surface area contributed by atoms with E-state index in [2.05, 4.69) is 5.32 Å². The van der Waals surface area contributed by atoms with Crippen LogP contribution in [0, 0.1) is 6.92 Å². The van der Waals surface area contributed by atoms with Gasteiger partial charge in [0.25, 0.3) is 5.91 Å². The van der Waals surface area contributed by atoms with Crippen molar-refractivity contribution in [2.45, 2.75) is 57.7 Å². The molecule has 0 spiro atoms. The SMILES string of the molecule is Cc1ccc(C2(C)NC(=O)N(CC(=O)N3CCCCC3C(C)N)C2=O)cc1.Cl. The Kier molecular flexibility index (Phi) is 6.72. The molecule has 0 aliphatic carbocycles. The van der Waals surface area contributed by atoms with Crippen LogP contribution in [-0.2, 0) is 15.1 Å². The summed E-state index contributed by atoms with van der Waals surface area (Å²) < 4.78 is 0. The van der Waals surface area contributed by atoms with Gasteiger partial charge in [0.1, 0.15) is 12.1 Å². The molecule has 0 saturated carbocycles. The van der Waals surface area contributed by atoms with Crippen LogP contribution in [0.5, 0.6) is 0 Å². The van der Waals surface area contributed by atoms with Crippen molar-refractivity contribution in [2.75, 3.05) is 13.1 Å². The number of rotatable bonds is 4. The normalized spacial score (nSPS) is 25.9. The maximum absolute atomic E-state index is 13.0. The number of amides is 4. The molecule has 3 N–H and O–H groups in total. The highest BCUT2D eigenvalue weighted by atomic mass is 35.5. The Labute approximate surface area is 172 Å². The van der Waals surface area contributed by atoms with E-state index in [1.54, 1.807) is 11.8 Å². The number of carbonyl (C=O) groups is 3. The number of aryl methyl sites for hydroxylation is 1. The quantitative estimate of drug-likeness (QED) is 0.744. The van der Waals surface area contributed by atoms with Gasteiger partial charge in [-0.05, 0) is 45.6 Å². The molecule has 2 aliphatic rings. The minimum atomic E-state index is -1.16. The standard InChI is InChI=1S/C20H28N4O3.ClH/c1-13-7-9-15(10-8-13)20(3)18(26)24(19(27)22-20)12-17(25)23-11-5-4-6-16(23)14(2)21;/h7-10,14,16H,4-6,11-12,21H2,1-3H3,(H,22,27);1H. The van der Waals surface area contributed by atoms with Crippen LogP contribution in [0.4, 0.5) is 4.79 Å². The maximum Gasteiger partial charge on any atom is 0.325 e. The molecule has 2 saturated heterocycles. The van der Waals surface area contributed by atoms with Gasteiger partial charge in [-0.1, -0.05) is 29.8 Å². The number of imide groups is 1. The summed E-state index contributed by atoms with van der Waals surface area (Å²) in [6, 6.07) is 6.73.